The van der Waals surface area contributed by atoms with E-state index >= 15 is 0 Å². The summed E-state index contributed by atoms with van der Waals surface area (Å²) < 4.78 is 5.26. The van der Waals surface area contributed by atoms with Crippen molar-refractivity contribution in [3.8, 4) is 0 Å². The van der Waals surface area contributed by atoms with Crippen molar-refractivity contribution < 1.29 is 9.53 Å². The lowest BCUT2D eigenvalue weighted by atomic mass is 10.2. The first-order valence-corrected chi connectivity index (χ1v) is 6.06. The average Bonchev–Trinajstić information content (AvgIpc) is 2.73. The van der Waals surface area contributed by atoms with E-state index in [0.717, 1.165) is 19.6 Å². The number of carbonyl (C=O) groups excluding carboxylic acids is 1. The van der Waals surface area contributed by atoms with Gasteiger partial charge in [0.25, 0.3) is 0 Å². The summed E-state index contributed by atoms with van der Waals surface area (Å²) in [5, 5.41) is 6.16. The lowest BCUT2D eigenvalue weighted by Gasteiger charge is -2.25. The van der Waals surface area contributed by atoms with Crippen molar-refractivity contribution >= 4 is 5.91 Å². The molecule has 0 aromatic rings. The van der Waals surface area contributed by atoms with Crippen molar-refractivity contribution in [3.63, 3.8) is 0 Å². The van der Waals surface area contributed by atoms with Crippen LogP contribution in [0.15, 0.2) is 0 Å². The number of nitrogens with zero attached hydrogens (tertiary/aromatic N) is 1. The molecule has 2 atom stereocenters. The van der Waals surface area contributed by atoms with Crippen molar-refractivity contribution in [1.29, 1.82) is 0 Å². The summed E-state index contributed by atoms with van der Waals surface area (Å²) in [6, 6.07) is 0.342. The van der Waals surface area contributed by atoms with Gasteiger partial charge in [0.2, 0.25) is 5.91 Å². The summed E-state index contributed by atoms with van der Waals surface area (Å²) in [4.78, 5) is 14.1. The predicted molar refractivity (Wildman–Crippen MR) is 61.3 cm³/mol. The molecule has 0 spiro atoms. The Kier molecular flexibility index (Phi) is 4.15. The Morgan fingerprint density at radius 1 is 1.62 bits per heavy atom. The van der Waals surface area contributed by atoms with Gasteiger partial charge in [-0.05, 0) is 26.4 Å². The summed E-state index contributed by atoms with van der Waals surface area (Å²) in [6.07, 6.45) is 2.42. The monoisotopic (exact) mass is 227 g/mol. The van der Waals surface area contributed by atoms with Gasteiger partial charge in [-0.2, -0.15) is 0 Å². The summed E-state index contributed by atoms with van der Waals surface area (Å²) in [7, 11) is 2.12. The van der Waals surface area contributed by atoms with E-state index in [0.29, 0.717) is 19.3 Å². The molecule has 0 saturated carbocycles. The first-order valence-electron chi connectivity index (χ1n) is 6.06. The summed E-state index contributed by atoms with van der Waals surface area (Å²) >= 11 is 0. The molecule has 5 heteroatoms. The standard InChI is InChI=1S/C11H21N3O2/c1-14-5-2-3-9(14)7-13-11(15)10-8-16-6-4-12-10/h9-10,12H,2-8H2,1H3,(H,13,15). The number of morpholine rings is 1. The lowest BCUT2D eigenvalue weighted by molar-refractivity contribution is -0.126. The van der Waals surface area contributed by atoms with Gasteiger partial charge in [0, 0.05) is 19.1 Å². The first-order chi connectivity index (χ1) is 7.77. The molecular weight excluding hydrogens is 206 g/mol. The second-order valence-electron chi connectivity index (χ2n) is 4.60. The molecule has 5 nitrogen and oxygen atoms in total. The molecule has 0 bridgehead atoms. The number of hydrogen-bond acceptors (Lipinski definition) is 4. The lowest BCUT2D eigenvalue weighted by Crippen LogP contribution is -2.52. The van der Waals surface area contributed by atoms with E-state index in [4.69, 9.17) is 4.74 Å². The highest BCUT2D eigenvalue weighted by Gasteiger charge is 2.24. The van der Waals surface area contributed by atoms with Crippen LogP contribution in [0.2, 0.25) is 0 Å². The summed E-state index contributed by atoms with van der Waals surface area (Å²) in [6.45, 7) is 3.86. The molecule has 2 aliphatic rings. The van der Waals surface area contributed by atoms with Crippen LogP contribution in [0, 0.1) is 0 Å². The van der Waals surface area contributed by atoms with E-state index in [9.17, 15) is 4.79 Å². The maximum atomic E-state index is 11.8. The Morgan fingerprint density at radius 2 is 2.50 bits per heavy atom. The molecule has 2 saturated heterocycles. The number of hydrogen-bond donors (Lipinski definition) is 2. The molecule has 2 fully saturated rings. The van der Waals surface area contributed by atoms with Crippen LogP contribution in [0.3, 0.4) is 0 Å². The second-order valence-corrected chi connectivity index (χ2v) is 4.60. The van der Waals surface area contributed by atoms with E-state index in [2.05, 4.69) is 22.6 Å². The van der Waals surface area contributed by atoms with Gasteiger partial charge in [-0.3, -0.25) is 4.79 Å². The molecule has 1 amide bonds. The molecule has 0 aliphatic carbocycles. The number of nitrogens with one attached hydrogen (secondary N) is 2. The third-order valence-electron chi connectivity index (χ3n) is 3.42. The molecule has 2 unspecified atom stereocenters. The van der Waals surface area contributed by atoms with Gasteiger partial charge in [0.1, 0.15) is 6.04 Å². The smallest absolute Gasteiger partial charge is 0.239 e. The van der Waals surface area contributed by atoms with Gasteiger partial charge in [0.15, 0.2) is 0 Å². The maximum Gasteiger partial charge on any atom is 0.239 e. The summed E-state index contributed by atoms with van der Waals surface area (Å²) in [5.41, 5.74) is 0. The normalized spacial score (nSPS) is 31.6. The number of likely N-dealkylation sites (tertiary alicyclic amines) is 1. The fraction of sp³-hybridized carbons (Fsp3) is 0.909. The fourth-order valence-corrected chi connectivity index (χ4v) is 2.31. The quantitative estimate of drug-likeness (QED) is 0.662. The molecular formula is C11H21N3O2. The molecule has 2 aliphatic heterocycles. The average molecular weight is 227 g/mol. The van der Waals surface area contributed by atoms with Crippen LogP contribution >= 0.6 is 0 Å². The van der Waals surface area contributed by atoms with Crippen molar-refractivity contribution in [1.82, 2.24) is 15.5 Å². The minimum absolute atomic E-state index is 0.0694. The van der Waals surface area contributed by atoms with Gasteiger partial charge >= 0.3 is 0 Å². The van der Waals surface area contributed by atoms with Crippen molar-refractivity contribution in [2.75, 3.05) is 39.9 Å². The van der Waals surface area contributed by atoms with Crippen LogP contribution in [0.5, 0.6) is 0 Å². The Hall–Kier alpha value is -0.650. The molecule has 0 radical (unpaired) electrons. The van der Waals surface area contributed by atoms with Crippen molar-refractivity contribution in [2.45, 2.75) is 24.9 Å². The van der Waals surface area contributed by atoms with E-state index < -0.39 is 0 Å². The molecule has 16 heavy (non-hydrogen) atoms. The Morgan fingerprint density at radius 3 is 3.12 bits per heavy atom. The minimum Gasteiger partial charge on any atom is -0.378 e. The number of rotatable bonds is 3. The second kappa shape index (κ2) is 5.61. The van der Waals surface area contributed by atoms with Crippen LogP contribution in [0.1, 0.15) is 12.8 Å². The Labute approximate surface area is 96.5 Å². The van der Waals surface area contributed by atoms with E-state index in [1.807, 2.05) is 0 Å². The van der Waals surface area contributed by atoms with Gasteiger partial charge < -0.3 is 20.3 Å². The van der Waals surface area contributed by atoms with Gasteiger partial charge in [-0.15, -0.1) is 0 Å². The zero-order valence-electron chi connectivity index (χ0n) is 9.87. The third-order valence-corrected chi connectivity index (χ3v) is 3.42. The molecule has 2 rings (SSSR count). The molecule has 92 valence electrons. The van der Waals surface area contributed by atoms with E-state index in [1.165, 1.54) is 12.8 Å². The topological polar surface area (TPSA) is 53.6 Å². The zero-order chi connectivity index (χ0) is 11.4. The molecule has 2 N–H and O–H groups in total. The van der Waals surface area contributed by atoms with Gasteiger partial charge in [-0.25, -0.2) is 0 Å². The van der Waals surface area contributed by atoms with Crippen LogP contribution in [-0.4, -0.2) is 62.8 Å². The van der Waals surface area contributed by atoms with E-state index in [1.54, 1.807) is 0 Å². The maximum absolute atomic E-state index is 11.8. The number of likely N-dealkylation sites (N-methyl/N-ethyl adjacent to an activating group) is 1. The number of ether oxygens (including phenoxy) is 1. The minimum atomic E-state index is -0.166. The van der Waals surface area contributed by atoms with Crippen LogP contribution < -0.4 is 10.6 Å². The number of carbonyl (C=O) groups is 1. The first kappa shape index (κ1) is 11.8. The van der Waals surface area contributed by atoms with Gasteiger partial charge in [0.05, 0.1) is 13.2 Å². The number of amides is 1. The summed E-state index contributed by atoms with van der Waals surface area (Å²) in [5.74, 6) is 0.0694. The SMILES string of the molecule is CN1CCCC1CNC(=O)C1COCCN1. The van der Waals surface area contributed by atoms with Crippen molar-refractivity contribution in [2.24, 2.45) is 0 Å². The molecule has 0 aromatic carbocycles. The highest BCUT2D eigenvalue weighted by molar-refractivity contribution is 5.82. The van der Waals surface area contributed by atoms with Crippen LogP contribution in [0.4, 0.5) is 0 Å². The predicted octanol–water partition coefficient (Wildman–Crippen LogP) is -0.815. The molecule has 0 aromatic heterocycles. The van der Waals surface area contributed by atoms with Gasteiger partial charge in [-0.1, -0.05) is 0 Å². The van der Waals surface area contributed by atoms with E-state index in [-0.39, 0.29) is 11.9 Å². The van der Waals surface area contributed by atoms with Crippen LogP contribution in [-0.2, 0) is 9.53 Å². The largest absolute Gasteiger partial charge is 0.378 e. The zero-order valence-corrected chi connectivity index (χ0v) is 9.87. The third kappa shape index (κ3) is 2.93. The van der Waals surface area contributed by atoms with Crippen molar-refractivity contribution in [3.05, 3.63) is 0 Å². The highest BCUT2D eigenvalue weighted by atomic mass is 16.5. The Bertz CT molecular complexity index is 241. The fourth-order valence-electron chi connectivity index (χ4n) is 2.31. The Balaban J connectivity index is 1.70. The highest BCUT2D eigenvalue weighted by Crippen LogP contribution is 2.13. The van der Waals surface area contributed by atoms with Crippen LogP contribution in [0.25, 0.3) is 0 Å². The molecule has 2 heterocycles.